The van der Waals surface area contributed by atoms with Crippen molar-refractivity contribution < 1.29 is 28.6 Å². The highest BCUT2D eigenvalue weighted by Gasteiger charge is 2.23. The van der Waals surface area contributed by atoms with Gasteiger partial charge >= 0.3 is 6.09 Å². The Labute approximate surface area is 188 Å². The van der Waals surface area contributed by atoms with Crippen molar-refractivity contribution in [3.63, 3.8) is 0 Å². The molecule has 1 aromatic carbocycles. The van der Waals surface area contributed by atoms with Crippen molar-refractivity contribution in [3.8, 4) is 11.5 Å². The molecule has 1 aliphatic heterocycles. The summed E-state index contributed by atoms with van der Waals surface area (Å²) in [6, 6.07) is 4.56. The molecule has 1 atom stereocenters. The van der Waals surface area contributed by atoms with Gasteiger partial charge in [0.25, 0.3) is 5.91 Å². The van der Waals surface area contributed by atoms with E-state index in [4.69, 9.17) is 24.8 Å². The monoisotopic (exact) mass is 450 g/mol. The van der Waals surface area contributed by atoms with Gasteiger partial charge in [0.1, 0.15) is 5.60 Å². The third kappa shape index (κ3) is 8.91. The largest absolute Gasteiger partial charge is 0.490 e. The number of carbonyl (C=O) groups excluding carboxylic acids is 2. The number of benzene rings is 1. The van der Waals surface area contributed by atoms with E-state index in [0.717, 1.165) is 6.42 Å². The highest BCUT2D eigenvalue weighted by atomic mass is 16.6. The lowest BCUT2D eigenvalue weighted by molar-refractivity contribution is -0.120. The summed E-state index contributed by atoms with van der Waals surface area (Å²) in [5.74, 6) is 1.08. The zero-order valence-corrected chi connectivity index (χ0v) is 19.4. The van der Waals surface area contributed by atoms with Gasteiger partial charge in [0.2, 0.25) is 0 Å². The van der Waals surface area contributed by atoms with Crippen molar-refractivity contribution in [2.24, 2.45) is 16.8 Å². The van der Waals surface area contributed by atoms with Crippen LogP contribution in [0.25, 0.3) is 0 Å². The first kappa shape index (κ1) is 25.1. The SMILES string of the molecule is CC(C)CC(NC(=O)OC(C)(C)C)/C(N)=N/OCC(=O)Nc1ccc2c(c1)OCCCO2. The summed E-state index contributed by atoms with van der Waals surface area (Å²) >= 11 is 0. The van der Waals surface area contributed by atoms with Crippen LogP contribution in [0.15, 0.2) is 23.4 Å². The maximum atomic E-state index is 12.2. The van der Waals surface area contributed by atoms with Crippen LogP contribution in [0.5, 0.6) is 11.5 Å². The van der Waals surface area contributed by atoms with Crippen molar-refractivity contribution in [3.05, 3.63) is 18.2 Å². The van der Waals surface area contributed by atoms with E-state index in [1.807, 2.05) is 13.8 Å². The normalized spacial score (nSPS) is 14.9. The molecule has 2 rings (SSSR count). The van der Waals surface area contributed by atoms with Crippen LogP contribution in [0.1, 0.15) is 47.5 Å². The molecule has 0 fully saturated rings. The van der Waals surface area contributed by atoms with Gasteiger partial charge in [-0.25, -0.2) is 4.79 Å². The van der Waals surface area contributed by atoms with E-state index < -0.39 is 23.6 Å². The third-order valence-corrected chi connectivity index (χ3v) is 4.15. The second kappa shape index (κ2) is 11.4. The number of hydrogen-bond donors (Lipinski definition) is 3. The van der Waals surface area contributed by atoms with Crippen molar-refractivity contribution >= 4 is 23.5 Å². The Hall–Kier alpha value is -3.17. The lowest BCUT2D eigenvalue weighted by atomic mass is 10.0. The molecular weight excluding hydrogens is 416 g/mol. The van der Waals surface area contributed by atoms with Crippen LogP contribution in [0.2, 0.25) is 0 Å². The summed E-state index contributed by atoms with van der Waals surface area (Å²) in [5.41, 5.74) is 5.91. The molecular formula is C22H34N4O6. The maximum absolute atomic E-state index is 12.2. The van der Waals surface area contributed by atoms with Crippen LogP contribution in [0.3, 0.4) is 0 Å². The van der Waals surface area contributed by atoms with Crippen LogP contribution in [-0.4, -0.2) is 49.3 Å². The van der Waals surface area contributed by atoms with Crippen LogP contribution in [-0.2, 0) is 14.4 Å². The van der Waals surface area contributed by atoms with Crippen LogP contribution >= 0.6 is 0 Å². The van der Waals surface area contributed by atoms with Gasteiger partial charge in [-0.1, -0.05) is 19.0 Å². The van der Waals surface area contributed by atoms with E-state index in [1.165, 1.54) is 0 Å². The molecule has 0 saturated carbocycles. The summed E-state index contributed by atoms with van der Waals surface area (Å²) in [7, 11) is 0. The number of hydrogen-bond acceptors (Lipinski definition) is 7. The van der Waals surface area contributed by atoms with E-state index in [9.17, 15) is 9.59 Å². The molecule has 0 radical (unpaired) electrons. The molecule has 0 aromatic heterocycles. The molecule has 10 nitrogen and oxygen atoms in total. The Morgan fingerprint density at radius 3 is 2.53 bits per heavy atom. The number of amides is 2. The van der Waals surface area contributed by atoms with Crippen molar-refractivity contribution in [1.29, 1.82) is 0 Å². The fourth-order valence-corrected chi connectivity index (χ4v) is 2.84. The van der Waals surface area contributed by atoms with Crippen LogP contribution in [0.4, 0.5) is 10.5 Å². The summed E-state index contributed by atoms with van der Waals surface area (Å²) in [5, 5.41) is 9.21. The van der Waals surface area contributed by atoms with Gasteiger partial charge in [0, 0.05) is 18.2 Å². The van der Waals surface area contributed by atoms with Gasteiger partial charge in [-0.15, -0.1) is 0 Å². The number of nitrogens with two attached hydrogens (primary N) is 1. The average Bonchev–Trinajstić information content (AvgIpc) is 2.90. The average molecular weight is 451 g/mol. The summed E-state index contributed by atoms with van der Waals surface area (Å²) in [6.07, 6.45) is 0.722. The van der Waals surface area contributed by atoms with Gasteiger partial charge in [-0.05, 0) is 45.2 Å². The molecule has 4 N–H and O–H groups in total. The number of nitrogens with one attached hydrogen (secondary N) is 2. The summed E-state index contributed by atoms with van der Waals surface area (Å²) < 4.78 is 16.5. The molecule has 32 heavy (non-hydrogen) atoms. The zero-order valence-electron chi connectivity index (χ0n) is 19.4. The lowest BCUT2D eigenvalue weighted by Gasteiger charge is -2.24. The number of nitrogens with zero attached hydrogens (tertiary/aromatic N) is 1. The van der Waals surface area contributed by atoms with E-state index in [1.54, 1.807) is 39.0 Å². The molecule has 0 spiro atoms. The molecule has 1 aromatic rings. The van der Waals surface area contributed by atoms with Crippen LogP contribution in [0, 0.1) is 5.92 Å². The Morgan fingerprint density at radius 1 is 1.19 bits per heavy atom. The molecule has 1 unspecified atom stereocenters. The molecule has 0 aliphatic carbocycles. The fourth-order valence-electron chi connectivity index (χ4n) is 2.84. The predicted molar refractivity (Wildman–Crippen MR) is 121 cm³/mol. The second-order valence-corrected chi connectivity index (χ2v) is 8.88. The Morgan fingerprint density at radius 2 is 1.88 bits per heavy atom. The quantitative estimate of drug-likeness (QED) is 0.315. The van der Waals surface area contributed by atoms with Crippen molar-refractivity contribution in [2.75, 3.05) is 25.1 Å². The maximum Gasteiger partial charge on any atom is 0.408 e. The van der Waals surface area contributed by atoms with Gasteiger partial charge in [0.15, 0.2) is 23.9 Å². The number of fused-ring (bicyclic) bond motifs is 1. The zero-order chi connectivity index (χ0) is 23.7. The first-order valence-corrected chi connectivity index (χ1v) is 10.7. The number of anilines is 1. The molecule has 0 bridgehead atoms. The summed E-state index contributed by atoms with van der Waals surface area (Å²) in [4.78, 5) is 29.4. The van der Waals surface area contributed by atoms with Gasteiger partial charge in [-0.3, -0.25) is 4.79 Å². The third-order valence-electron chi connectivity index (χ3n) is 4.15. The lowest BCUT2D eigenvalue weighted by Crippen LogP contribution is -2.47. The van der Waals surface area contributed by atoms with Crippen LogP contribution < -0.4 is 25.8 Å². The first-order chi connectivity index (χ1) is 15.0. The number of oxime groups is 1. The molecule has 10 heteroatoms. The number of alkyl carbamates (subject to hydrolysis) is 1. The Balaban J connectivity index is 1.90. The van der Waals surface area contributed by atoms with Crippen molar-refractivity contribution in [1.82, 2.24) is 5.32 Å². The van der Waals surface area contributed by atoms with E-state index in [2.05, 4.69) is 15.8 Å². The van der Waals surface area contributed by atoms with E-state index >= 15 is 0 Å². The smallest absolute Gasteiger partial charge is 0.408 e. The predicted octanol–water partition coefficient (Wildman–Crippen LogP) is 3.01. The Kier molecular flexibility index (Phi) is 8.98. The number of carbonyl (C=O) groups is 2. The van der Waals surface area contributed by atoms with E-state index in [-0.39, 0.29) is 18.4 Å². The number of rotatable bonds is 8. The minimum absolute atomic E-state index is 0.0490. The highest BCUT2D eigenvalue weighted by molar-refractivity contribution is 5.92. The minimum atomic E-state index is -0.639. The molecule has 1 heterocycles. The minimum Gasteiger partial charge on any atom is -0.490 e. The molecule has 178 valence electrons. The first-order valence-electron chi connectivity index (χ1n) is 10.7. The van der Waals surface area contributed by atoms with E-state index in [0.29, 0.717) is 36.8 Å². The van der Waals surface area contributed by atoms with Gasteiger partial charge in [0.05, 0.1) is 19.3 Å². The molecule has 2 amide bonds. The standard InChI is InChI=1S/C22H34N4O6/c1-14(2)11-16(25-21(28)32-22(3,4)5)20(23)26-31-13-19(27)24-15-7-8-17-18(12-15)30-10-6-9-29-17/h7-8,12,14,16H,6,9-11,13H2,1-5H3,(H2,23,26)(H,24,27)(H,25,28). The Bertz CT molecular complexity index is 819. The second-order valence-electron chi connectivity index (χ2n) is 8.88. The molecule has 1 aliphatic rings. The fraction of sp³-hybridized carbons (Fsp3) is 0.591. The highest BCUT2D eigenvalue weighted by Crippen LogP contribution is 2.32. The van der Waals surface area contributed by atoms with Crippen molar-refractivity contribution in [2.45, 2.75) is 59.1 Å². The topological polar surface area (TPSA) is 134 Å². The number of amidine groups is 1. The summed E-state index contributed by atoms with van der Waals surface area (Å²) in [6.45, 7) is 10.1. The number of ether oxygens (including phenoxy) is 3. The molecule has 0 saturated heterocycles. The van der Waals surface area contributed by atoms with Gasteiger partial charge < -0.3 is 35.4 Å². The van der Waals surface area contributed by atoms with Gasteiger partial charge in [-0.2, -0.15) is 0 Å².